The number of nitrogens with one attached hydrogen (secondary N) is 1. The second kappa shape index (κ2) is 9.30. The van der Waals surface area contributed by atoms with E-state index in [2.05, 4.69) is 16.3 Å². The molecule has 2 aliphatic heterocycles. The van der Waals surface area contributed by atoms with Crippen LogP contribution in [0.1, 0.15) is 31.2 Å². The van der Waals surface area contributed by atoms with E-state index in [1.54, 1.807) is 12.1 Å². The molecule has 32 heavy (non-hydrogen) atoms. The molecule has 2 aliphatic rings. The van der Waals surface area contributed by atoms with Crippen LogP contribution in [0.3, 0.4) is 0 Å². The molecule has 0 saturated carbocycles. The molecule has 0 bridgehead atoms. The number of nitrogens with two attached hydrogens (primary N) is 1. The van der Waals surface area contributed by atoms with Crippen LogP contribution in [0.25, 0.3) is 0 Å². The summed E-state index contributed by atoms with van der Waals surface area (Å²) >= 11 is 0. The average Bonchev–Trinajstić information content (AvgIpc) is 3.26. The van der Waals surface area contributed by atoms with Crippen molar-refractivity contribution in [3.63, 3.8) is 0 Å². The zero-order chi connectivity index (χ0) is 22.7. The van der Waals surface area contributed by atoms with Crippen LogP contribution in [-0.2, 0) is 26.0 Å². The Hall–Kier alpha value is -2.91. The van der Waals surface area contributed by atoms with Crippen LogP contribution in [0.5, 0.6) is 0 Å². The first-order valence-corrected chi connectivity index (χ1v) is 12.4. The summed E-state index contributed by atoms with van der Waals surface area (Å²) in [5, 5.41) is 7.92. The van der Waals surface area contributed by atoms with Crippen LogP contribution in [0.2, 0.25) is 0 Å². The topological polar surface area (TPSA) is 113 Å². The summed E-state index contributed by atoms with van der Waals surface area (Å²) in [6.07, 6.45) is 3.07. The number of sulfonamides is 1. The number of para-hydroxylation sites is 2. The van der Waals surface area contributed by atoms with E-state index >= 15 is 0 Å². The third kappa shape index (κ3) is 4.94. The molecule has 2 aromatic carbocycles. The number of benzene rings is 2. The number of anilines is 2. The first-order valence-electron chi connectivity index (χ1n) is 10.9. The highest BCUT2D eigenvalue weighted by molar-refractivity contribution is 7.89. The van der Waals surface area contributed by atoms with Crippen molar-refractivity contribution in [2.24, 2.45) is 5.14 Å². The molecule has 1 fully saturated rings. The Morgan fingerprint density at radius 1 is 1.03 bits per heavy atom. The minimum Gasteiger partial charge on any atom is -0.365 e. The Kier molecular flexibility index (Phi) is 6.48. The molecule has 170 valence electrons. The monoisotopic (exact) mass is 456 g/mol. The van der Waals surface area contributed by atoms with Gasteiger partial charge in [0.2, 0.25) is 21.8 Å². The summed E-state index contributed by atoms with van der Waals surface area (Å²) in [5.41, 5.74) is 2.92. The van der Waals surface area contributed by atoms with E-state index < -0.39 is 10.0 Å². The molecule has 2 heterocycles. The van der Waals surface area contributed by atoms with Gasteiger partial charge in [0.25, 0.3) is 0 Å². The van der Waals surface area contributed by atoms with Gasteiger partial charge in [-0.2, -0.15) is 0 Å². The molecule has 0 radical (unpaired) electrons. The Bertz CT molecular complexity index is 1100. The van der Waals surface area contributed by atoms with Gasteiger partial charge in [0.05, 0.1) is 16.3 Å². The number of fused-ring (bicyclic) bond motifs is 3. The normalized spacial score (nSPS) is 17.6. The minimum atomic E-state index is -3.71. The van der Waals surface area contributed by atoms with Crippen LogP contribution in [0.4, 0.5) is 11.4 Å². The van der Waals surface area contributed by atoms with Crippen LogP contribution in [-0.4, -0.2) is 45.9 Å². The quantitative estimate of drug-likeness (QED) is 0.660. The highest BCUT2D eigenvalue weighted by Gasteiger charge is 2.35. The Labute approximate surface area is 188 Å². The highest BCUT2D eigenvalue weighted by Crippen LogP contribution is 2.39. The fourth-order valence-electron chi connectivity index (χ4n) is 4.46. The van der Waals surface area contributed by atoms with Gasteiger partial charge < -0.3 is 15.1 Å². The summed E-state index contributed by atoms with van der Waals surface area (Å²) in [5.74, 6) is -0.204. The zero-order valence-electron chi connectivity index (χ0n) is 17.9. The smallest absolute Gasteiger partial charge is 0.238 e. The number of primary sulfonamides is 1. The van der Waals surface area contributed by atoms with Gasteiger partial charge >= 0.3 is 0 Å². The number of rotatable bonds is 7. The van der Waals surface area contributed by atoms with E-state index in [-0.39, 0.29) is 29.6 Å². The number of carbonyl (C=O) groups is 2. The van der Waals surface area contributed by atoms with Gasteiger partial charge in [0.1, 0.15) is 0 Å². The van der Waals surface area contributed by atoms with Crippen molar-refractivity contribution in [2.75, 3.05) is 29.4 Å². The van der Waals surface area contributed by atoms with Crippen molar-refractivity contribution >= 4 is 33.2 Å². The van der Waals surface area contributed by atoms with Crippen molar-refractivity contribution in [1.82, 2.24) is 5.32 Å². The fraction of sp³-hybridized carbons (Fsp3) is 0.391. The number of amides is 2. The lowest BCUT2D eigenvalue weighted by Gasteiger charge is -2.40. The van der Waals surface area contributed by atoms with Gasteiger partial charge in [-0.15, -0.1) is 0 Å². The summed E-state index contributed by atoms with van der Waals surface area (Å²) < 4.78 is 22.6. The maximum absolute atomic E-state index is 12.9. The van der Waals surface area contributed by atoms with Crippen molar-refractivity contribution in [2.45, 2.75) is 43.0 Å². The van der Waals surface area contributed by atoms with E-state index in [0.717, 1.165) is 36.3 Å². The summed E-state index contributed by atoms with van der Waals surface area (Å²) in [4.78, 5) is 29.5. The Morgan fingerprint density at radius 3 is 2.47 bits per heavy atom. The Balaban J connectivity index is 1.26. The Morgan fingerprint density at radius 2 is 1.75 bits per heavy atom. The van der Waals surface area contributed by atoms with E-state index in [1.807, 2.05) is 23.1 Å². The predicted molar refractivity (Wildman–Crippen MR) is 123 cm³/mol. The van der Waals surface area contributed by atoms with Crippen molar-refractivity contribution in [3.05, 3.63) is 54.1 Å². The molecule has 3 N–H and O–H groups in total. The van der Waals surface area contributed by atoms with Crippen molar-refractivity contribution in [1.29, 1.82) is 0 Å². The second-order valence-corrected chi connectivity index (χ2v) is 9.83. The molecule has 2 aromatic rings. The van der Waals surface area contributed by atoms with Crippen molar-refractivity contribution < 1.29 is 18.0 Å². The average molecular weight is 457 g/mol. The minimum absolute atomic E-state index is 0.0299. The second-order valence-electron chi connectivity index (χ2n) is 8.27. The first-order chi connectivity index (χ1) is 15.3. The van der Waals surface area contributed by atoms with Gasteiger partial charge in [-0.05, 0) is 49.1 Å². The maximum Gasteiger partial charge on any atom is 0.238 e. The van der Waals surface area contributed by atoms with Crippen molar-refractivity contribution in [3.8, 4) is 0 Å². The molecule has 0 aromatic heterocycles. The van der Waals surface area contributed by atoms with Crippen LogP contribution >= 0.6 is 0 Å². The summed E-state index contributed by atoms with van der Waals surface area (Å²) in [7, 11) is -3.71. The lowest BCUT2D eigenvalue weighted by molar-refractivity contribution is -0.125. The lowest BCUT2D eigenvalue weighted by Crippen LogP contribution is -2.48. The molecule has 9 heteroatoms. The van der Waals surface area contributed by atoms with Gasteiger partial charge in [0, 0.05) is 38.5 Å². The van der Waals surface area contributed by atoms with Crippen LogP contribution in [0, 0.1) is 0 Å². The van der Waals surface area contributed by atoms with E-state index in [1.165, 1.54) is 12.1 Å². The van der Waals surface area contributed by atoms with Gasteiger partial charge in [-0.1, -0.05) is 24.3 Å². The summed E-state index contributed by atoms with van der Waals surface area (Å²) in [6.45, 7) is 2.11. The lowest BCUT2D eigenvalue weighted by atomic mass is 10.1. The van der Waals surface area contributed by atoms with E-state index in [4.69, 9.17) is 5.14 Å². The fourth-order valence-corrected chi connectivity index (χ4v) is 4.97. The molecule has 2 amide bonds. The number of hydrogen-bond acceptors (Lipinski definition) is 5. The summed E-state index contributed by atoms with van der Waals surface area (Å²) in [6, 6.07) is 14.6. The van der Waals surface area contributed by atoms with Gasteiger partial charge in [-0.25, -0.2) is 13.6 Å². The van der Waals surface area contributed by atoms with Gasteiger partial charge in [-0.3, -0.25) is 9.59 Å². The zero-order valence-corrected chi connectivity index (χ0v) is 18.7. The predicted octanol–water partition coefficient (Wildman–Crippen LogP) is 1.79. The third-order valence-electron chi connectivity index (χ3n) is 6.11. The SMILES string of the molecule is NS(=O)(=O)c1ccc(CCNC(=O)CCC(=O)N2C[C@@H]3CCCN3c3ccccc32)cc1. The molecule has 8 nitrogen and oxygen atoms in total. The molecule has 0 spiro atoms. The third-order valence-corrected chi connectivity index (χ3v) is 7.04. The van der Waals surface area contributed by atoms with Crippen LogP contribution < -0.4 is 20.3 Å². The molecular formula is C23H28N4O4S. The number of hydrogen-bond donors (Lipinski definition) is 2. The molecule has 0 aliphatic carbocycles. The largest absolute Gasteiger partial charge is 0.365 e. The van der Waals surface area contributed by atoms with E-state index in [0.29, 0.717) is 25.6 Å². The van der Waals surface area contributed by atoms with Crippen LogP contribution in [0.15, 0.2) is 53.4 Å². The molecule has 1 atom stereocenters. The van der Waals surface area contributed by atoms with Gasteiger partial charge in [0.15, 0.2) is 0 Å². The molecule has 4 rings (SSSR count). The highest BCUT2D eigenvalue weighted by atomic mass is 32.2. The first kappa shape index (κ1) is 22.3. The number of nitrogens with zero attached hydrogens (tertiary/aromatic N) is 2. The molecule has 0 unspecified atom stereocenters. The number of carbonyl (C=O) groups excluding carboxylic acids is 2. The molecule has 1 saturated heterocycles. The maximum atomic E-state index is 12.9. The van der Waals surface area contributed by atoms with E-state index in [9.17, 15) is 18.0 Å². The standard InChI is InChI=1S/C23H28N4O4S/c24-32(30,31)19-9-7-17(8-10-19)13-14-25-22(28)11-12-23(29)27-16-18-4-3-15-26(18)20-5-1-2-6-21(20)27/h1-2,5-10,18H,3-4,11-16H2,(H,25,28)(H2,24,30,31)/t18-/m0/s1. The molecular weight excluding hydrogens is 428 g/mol.